The summed E-state index contributed by atoms with van der Waals surface area (Å²) in [5.74, 6) is 0. The van der Waals surface area contributed by atoms with E-state index in [1.165, 1.54) is 17.4 Å². The average Bonchev–Trinajstić information content (AvgIpc) is 2.79. The first kappa shape index (κ1) is 10.5. The fraction of sp³-hybridized carbons (Fsp3) is 0. The Morgan fingerprint density at radius 3 is 2.75 bits per heavy atom. The molecule has 0 saturated heterocycles. The lowest BCUT2D eigenvalue weighted by Gasteiger charge is -1.95. The zero-order chi connectivity index (χ0) is 11.4. The average molecular weight is 232 g/mol. The molecule has 0 atom stereocenters. The van der Waals surface area contributed by atoms with Crippen LogP contribution in [0.2, 0.25) is 0 Å². The van der Waals surface area contributed by atoms with Gasteiger partial charge in [-0.15, -0.1) is 11.3 Å². The van der Waals surface area contributed by atoms with Crippen LogP contribution in [0.5, 0.6) is 0 Å². The van der Waals surface area contributed by atoms with Crippen molar-refractivity contribution in [3.8, 4) is 0 Å². The highest BCUT2D eigenvalue weighted by Crippen LogP contribution is 2.26. The van der Waals surface area contributed by atoms with Crippen molar-refractivity contribution in [1.82, 2.24) is 0 Å². The number of para-hydroxylation sites is 2. The molecule has 0 N–H and O–H groups in total. The molecule has 2 rings (SSSR count). The summed E-state index contributed by atoms with van der Waals surface area (Å²) in [5.41, 5.74) is 0.399. The molecule has 0 saturated carbocycles. The Balaban J connectivity index is 2.31. The van der Waals surface area contributed by atoms with Crippen LogP contribution in [0.4, 0.5) is 11.4 Å². The standard InChI is InChI=1S/C11H8N2O2S/c14-13(15)11-6-2-1-5-10(11)12-8-9-4-3-7-16-9/h1-8H. The van der Waals surface area contributed by atoms with E-state index >= 15 is 0 Å². The van der Waals surface area contributed by atoms with E-state index in [4.69, 9.17) is 0 Å². The lowest BCUT2D eigenvalue weighted by molar-refractivity contribution is -0.384. The zero-order valence-electron chi connectivity index (χ0n) is 8.24. The molecule has 0 spiro atoms. The van der Waals surface area contributed by atoms with Crippen molar-refractivity contribution in [1.29, 1.82) is 0 Å². The van der Waals surface area contributed by atoms with Gasteiger partial charge in [0.25, 0.3) is 5.69 Å². The van der Waals surface area contributed by atoms with Crippen LogP contribution in [0, 0.1) is 10.1 Å². The molecule has 0 radical (unpaired) electrons. The second-order valence-electron chi connectivity index (χ2n) is 3.02. The fourth-order valence-corrected chi connectivity index (χ4v) is 1.81. The van der Waals surface area contributed by atoms with E-state index in [0.717, 1.165) is 4.88 Å². The van der Waals surface area contributed by atoms with Crippen LogP contribution in [-0.4, -0.2) is 11.1 Å². The molecule has 0 fully saturated rings. The maximum atomic E-state index is 10.7. The topological polar surface area (TPSA) is 55.5 Å². The molecule has 80 valence electrons. The van der Waals surface area contributed by atoms with E-state index in [-0.39, 0.29) is 5.69 Å². The van der Waals surface area contributed by atoms with Gasteiger partial charge in [0.05, 0.1) is 4.92 Å². The van der Waals surface area contributed by atoms with E-state index in [2.05, 4.69) is 4.99 Å². The Labute approximate surface area is 96.0 Å². The summed E-state index contributed by atoms with van der Waals surface area (Å²) in [6.45, 7) is 0. The van der Waals surface area contributed by atoms with Crippen molar-refractivity contribution >= 4 is 28.9 Å². The van der Waals surface area contributed by atoms with Crippen molar-refractivity contribution in [2.75, 3.05) is 0 Å². The molecule has 0 unspecified atom stereocenters. The Kier molecular flexibility index (Phi) is 3.07. The van der Waals surface area contributed by atoms with Gasteiger partial charge in [0, 0.05) is 17.2 Å². The Morgan fingerprint density at radius 2 is 2.06 bits per heavy atom. The molecule has 0 amide bonds. The van der Waals surface area contributed by atoms with Gasteiger partial charge < -0.3 is 0 Å². The molecule has 2 aromatic rings. The third-order valence-corrected chi connectivity index (χ3v) is 2.76. The zero-order valence-corrected chi connectivity index (χ0v) is 9.05. The van der Waals surface area contributed by atoms with E-state index in [1.807, 2.05) is 17.5 Å². The number of nitrogens with zero attached hydrogens (tertiary/aromatic N) is 2. The largest absolute Gasteiger partial charge is 0.294 e. The number of nitro groups is 1. The molecule has 0 aliphatic heterocycles. The summed E-state index contributed by atoms with van der Waals surface area (Å²) in [7, 11) is 0. The molecule has 0 aliphatic carbocycles. The monoisotopic (exact) mass is 232 g/mol. The molecule has 0 aliphatic rings. The first-order valence-electron chi connectivity index (χ1n) is 4.58. The molecule has 0 bridgehead atoms. The van der Waals surface area contributed by atoms with Crippen molar-refractivity contribution in [3.05, 3.63) is 56.8 Å². The van der Waals surface area contributed by atoms with Crippen LogP contribution in [0.25, 0.3) is 0 Å². The first-order valence-corrected chi connectivity index (χ1v) is 5.46. The minimum atomic E-state index is -0.429. The molecule has 1 heterocycles. The van der Waals surface area contributed by atoms with Gasteiger partial charge in [-0.3, -0.25) is 10.1 Å². The molecule has 4 nitrogen and oxygen atoms in total. The van der Waals surface area contributed by atoms with E-state index in [0.29, 0.717) is 5.69 Å². The van der Waals surface area contributed by atoms with Gasteiger partial charge in [0.1, 0.15) is 5.69 Å². The number of nitro benzene ring substituents is 1. The maximum absolute atomic E-state index is 10.7. The van der Waals surface area contributed by atoms with Crippen molar-refractivity contribution in [3.63, 3.8) is 0 Å². The molecule has 16 heavy (non-hydrogen) atoms. The summed E-state index contributed by atoms with van der Waals surface area (Å²) in [5, 5.41) is 12.6. The maximum Gasteiger partial charge on any atom is 0.294 e. The van der Waals surface area contributed by atoms with E-state index in [1.54, 1.807) is 24.4 Å². The van der Waals surface area contributed by atoms with Gasteiger partial charge in [0.2, 0.25) is 0 Å². The molecular formula is C11H8N2O2S. The SMILES string of the molecule is O=[N+]([O-])c1ccccc1N=Cc1cccs1. The third kappa shape index (κ3) is 2.32. The molecule has 1 aromatic heterocycles. The van der Waals surface area contributed by atoms with Gasteiger partial charge in [-0.05, 0) is 17.5 Å². The van der Waals surface area contributed by atoms with Gasteiger partial charge in [-0.1, -0.05) is 18.2 Å². The molecular weight excluding hydrogens is 224 g/mol. The second kappa shape index (κ2) is 4.67. The predicted octanol–water partition coefficient (Wildman–Crippen LogP) is 3.41. The number of hydrogen-bond acceptors (Lipinski definition) is 4. The number of rotatable bonds is 3. The lowest BCUT2D eigenvalue weighted by atomic mass is 10.3. The normalized spacial score (nSPS) is 10.8. The highest BCUT2D eigenvalue weighted by molar-refractivity contribution is 7.11. The van der Waals surface area contributed by atoms with Crippen LogP contribution < -0.4 is 0 Å². The number of hydrogen-bond donors (Lipinski definition) is 0. The Bertz CT molecular complexity index is 521. The number of aliphatic imine (C=N–C) groups is 1. The van der Waals surface area contributed by atoms with Gasteiger partial charge >= 0.3 is 0 Å². The van der Waals surface area contributed by atoms with Crippen molar-refractivity contribution in [2.24, 2.45) is 4.99 Å². The minimum Gasteiger partial charge on any atom is -0.258 e. The third-order valence-electron chi connectivity index (χ3n) is 1.95. The van der Waals surface area contributed by atoms with Gasteiger partial charge in [0.15, 0.2) is 0 Å². The predicted molar refractivity (Wildman–Crippen MR) is 64.7 cm³/mol. The van der Waals surface area contributed by atoms with Crippen LogP contribution in [0.15, 0.2) is 46.8 Å². The summed E-state index contributed by atoms with van der Waals surface area (Å²) >= 11 is 1.54. The van der Waals surface area contributed by atoms with E-state index in [9.17, 15) is 10.1 Å². The van der Waals surface area contributed by atoms with Gasteiger partial charge in [-0.2, -0.15) is 0 Å². The number of benzene rings is 1. The minimum absolute atomic E-state index is 0.0234. The Morgan fingerprint density at radius 1 is 1.25 bits per heavy atom. The summed E-state index contributed by atoms with van der Waals surface area (Å²) in [4.78, 5) is 15.4. The van der Waals surface area contributed by atoms with E-state index < -0.39 is 4.92 Å². The lowest BCUT2D eigenvalue weighted by Crippen LogP contribution is -1.87. The van der Waals surface area contributed by atoms with Crippen molar-refractivity contribution < 1.29 is 4.92 Å². The molecule has 1 aromatic carbocycles. The van der Waals surface area contributed by atoms with Crippen LogP contribution in [-0.2, 0) is 0 Å². The second-order valence-corrected chi connectivity index (χ2v) is 4.00. The summed E-state index contributed by atoms with van der Waals surface area (Å²) < 4.78 is 0. The first-order chi connectivity index (χ1) is 7.77. The summed E-state index contributed by atoms with van der Waals surface area (Å²) in [6.07, 6.45) is 1.63. The van der Waals surface area contributed by atoms with Crippen LogP contribution in [0.1, 0.15) is 4.88 Å². The highest BCUT2D eigenvalue weighted by atomic mass is 32.1. The highest BCUT2D eigenvalue weighted by Gasteiger charge is 2.10. The Hall–Kier alpha value is -2.01. The van der Waals surface area contributed by atoms with Crippen LogP contribution >= 0.6 is 11.3 Å². The number of thiophene rings is 1. The smallest absolute Gasteiger partial charge is 0.258 e. The quantitative estimate of drug-likeness (QED) is 0.462. The summed E-state index contributed by atoms with van der Waals surface area (Å²) in [6, 6.07) is 10.2. The fourth-order valence-electron chi connectivity index (χ4n) is 1.23. The van der Waals surface area contributed by atoms with Gasteiger partial charge in [-0.25, -0.2) is 4.99 Å². The molecule has 5 heteroatoms. The van der Waals surface area contributed by atoms with Crippen molar-refractivity contribution in [2.45, 2.75) is 0 Å². The van der Waals surface area contributed by atoms with Crippen LogP contribution in [0.3, 0.4) is 0 Å².